The highest BCUT2D eigenvalue weighted by Crippen LogP contribution is 2.36. The summed E-state index contributed by atoms with van der Waals surface area (Å²) in [6.45, 7) is 1.50. The van der Waals surface area contributed by atoms with Gasteiger partial charge in [0.05, 0.1) is 30.5 Å². The Morgan fingerprint density at radius 1 is 1.12 bits per heavy atom. The number of nitrogens with zero attached hydrogens (tertiary/aromatic N) is 3. The van der Waals surface area contributed by atoms with Crippen LogP contribution in [-0.2, 0) is 4.74 Å². The fraction of sp³-hybridized carbons (Fsp3) is 0.304. The normalized spacial score (nSPS) is 23.3. The Balaban J connectivity index is 1.75. The van der Waals surface area contributed by atoms with Crippen LogP contribution in [0, 0.1) is 6.92 Å². The van der Waals surface area contributed by atoms with Crippen molar-refractivity contribution in [2.75, 3.05) is 13.7 Å². The van der Waals surface area contributed by atoms with E-state index in [4.69, 9.17) is 9.47 Å². The lowest BCUT2D eigenvalue weighted by atomic mass is 10.0. The highest BCUT2D eigenvalue weighted by atomic mass is 16.6. The molecule has 0 amide bonds. The van der Waals surface area contributed by atoms with Crippen molar-refractivity contribution < 1.29 is 24.8 Å². The zero-order valence-electron chi connectivity index (χ0n) is 17.5. The first-order valence-electron chi connectivity index (χ1n) is 10.2. The molecule has 1 saturated heterocycles. The molecule has 3 aliphatic rings. The summed E-state index contributed by atoms with van der Waals surface area (Å²) in [6, 6.07) is 12.7. The minimum atomic E-state index is -1.27. The molecule has 3 heterocycles. The van der Waals surface area contributed by atoms with Gasteiger partial charge in [-0.05, 0) is 43.3 Å². The second-order valence-electron chi connectivity index (χ2n) is 7.96. The SMILES string of the molecule is COc1ccc(-n2nc3c4cc(C)ccc4n([C@@H]4O[C@H](CO)[C@@H](O)[C@H]4O)cc-3c2=O)cc1. The molecule has 0 aliphatic carbocycles. The molecule has 2 aromatic rings. The average molecular weight is 437 g/mol. The zero-order valence-corrected chi connectivity index (χ0v) is 17.5. The Bertz CT molecular complexity index is 1310. The number of hydrogen-bond donors (Lipinski definition) is 3. The lowest BCUT2D eigenvalue weighted by molar-refractivity contribution is -0.0508. The predicted octanol–water partition coefficient (Wildman–Crippen LogP) is 1.22. The topological polar surface area (TPSA) is 119 Å². The number of methoxy groups -OCH3 is 1. The van der Waals surface area contributed by atoms with Gasteiger partial charge in [0, 0.05) is 11.6 Å². The summed E-state index contributed by atoms with van der Waals surface area (Å²) in [6.07, 6.45) is -2.83. The van der Waals surface area contributed by atoms with E-state index in [1.54, 1.807) is 42.1 Å². The molecule has 3 N–H and O–H groups in total. The van der Waals surface area contributed by atoms with Gasteiger partial charge in [0.1, 0.15) is 29.8 Å². The smallest absolute Gasteiger partial charge is 0.282 e. The van der Waals surface area contributed by atoms with Crippen molar-refractivity contribution in [2.24, 2.45) is 0 Å². The summed E-state index contributed by atoms with van der Waals surface area (Å²) in [5, 5.41) is 35.6. The molecule has 9 nitrogen and oxygen atoms in total. The zero-order chi connectivity index (χ0) is 22.6. The van der Waals surface area contributed by atoms with Gasteiger partial charge < -0.3 is 29.4 Å². The highest BCUT2D eigenvalue weighted by Gasteiger charge is 2.43. The van der Waals surface area contributed by atoms with E-state index in [9.17, 15) is 20.1 Å². The molecule has 0 saturated carbocycles. The summed E-state index contributed by atoms with van der Waals surface area (Å²) in [7, 11) is 1.57. The van der Waals surface area contributed by atoms with E-state index in [0.29, 0.717) is 33.6 Å². The second-order valence-corrected chi connectivity index (χ2v) is 7.96. The Morgan fingerprint density at radius 3 is 2.53 bits per heavy atom. The number of aromatic nitrogens is 3. The largest absolute Gasteiger partial charge is 0.497 e. The molecule has 1 fully saturated rings. The molecule has 2 aromatic carbocycles. The van der Waals surface area contributed by atoms with Gasteiger partial charge in [-0.2, -0.15) is 9.78 Å². The highest BCUT2D eigenvalue weighted by molar-refractivity contribution is 5.94. The van der Waals surface area contributed by atoms with Crippen LogP contribution >= 0.6 is 0 Å². The Kier molecular flexibility index (Phi) is 4.98. The summed E-state index contributed by atoms with van der Waals surface area (Å²) in [5.41, 5.74) is 2.78. The number of hydrogen-bond acceptors (Lipinski definition) is 7. The van der Waals surface area contributed by atoms with Crippen molar-refractivity contribution in [1.29, 1.82) is 0 Å². The molecule has 166 valence electrons. The van der Waals surface area contributed by atoms with Crippen molar-refractivity contribution in [1.82, 2.24) is 14.3 Å². The third-order valence-electron chi connectivity index (χ3n) is 5.94. The van der Waals surface area contributed by atoms with Crippen LogP contribution in [0.4, 0.5) is 0 Å². The van der Waals surface area contributed by atoms with Crippen LogP contribution in [0.15, 0.2) is 53.5 Å². The lowest BCUT2D eigenvalue weighted by Gasteiger charge is -2.22. The third kappa shape index (κ3) is 3.09. The lowest BCUT2D eigenvalue weighted by Crippen LogP contribution is -2.33. The van der Waals surface area contributed by atoms with Gasteiger partial charge in [-0.3, -0.25) is 4.79 Å². The fourth-order valence-electron chi connectivity index (χ4n) is 4.22. The summed E-state index contributed by atoms with van der Waals surface area (Å²) < 4.78 is 13.9. The Morgan fingerprint density at radius 2 is 1.88 bits per heavy atom. The van der Waals surface area contributed by atoms with E-state index in [2.05, 4.69) is 5.10 Å². The minimum Gasteiger partial charge on any atom is -0.497 e. The minimum absolute atomic E-state index is 0.325. The number of benzene rings is 2. The molecule has 5 rings (SSSR count). The summed E-state index contributed by atoms with van der Waals surface area (Å²) in [4.78, 5) is 13.3. The van der Waals surface area contributed by atoms with Crippen molar-refractivity contribution in [3.8, 4) is 22.7 Å². The predicted molar refractivity (Wildman–Crippen MR) is 116 cm³/mol. The van der Waals surface area contributed by atoms with Gasteiger partial charge in [0.15, 0.2) is 6.23 Å². The molecule has 0 aromatic heterocycles. The van der Waals surface area contributed by atoms with E-state index >= 15 is 0 Å². The van der Waals surface area contributed by atoms with Crippen molar-refractivity contribution in [2.45, 2.75) is 31.5 Å². The molecule has 0 radical (unpaired) electrons. The number of fused-ring (bicyclic) bond motifs is 3. The maximum Gasteiger partial charge on any atom is 0.282 e. The van der Waals surface area contributed by atoms with Crippen molar-refractivity contribution in [3.63, 3.8) is 0 Å². The fourth-order valence-corrected chi connectivity index (χ4v) is 4.22. The number of aliphatic hydroxyl groups is 3. The number of ether oxygens (including phenoxy) is 2. The van der Waals surface area contributed by atoms with E-state index in [-0.39, 0.29) is 5.56 Å². The van der Waals surface area contributed by atoms with Crippen LogP contribution in [0.5, 0.6) is 5.75 Å². The monoisotopic (exact) mass is 437 g/mol. The molecule has 4 atom stereocenters. The quantitative estimate of drug-likeness (QED) is 0.439. The van der Waals surface area contributed by atoms with Crippen LogP contribution < -0.4 is 10.3 Å². The first-order valence-corrected chi connectivity index (χ1v) is 10.2. The number of pyridine rings is 1. The van der Waals surface area contributed by atoms with Gasteiger partial charge in [0.2, 0.25) is 0 Å². The Hall–Kier alpha value is -3.24. The first-order chi connectivity index (χ1) is 15.4. The van der Waals surface area contributed by atoms with Crippen LogP contribution in [0.2, 0.25) is 0 Å². The summed E-state index contributed by atoms with van der Waals surface area (Å²) >= 11 is 0. The van der Waals surface area contributed by atoms with Gasteiger partial charge in [-0.1, -0.05) is 11.6 Å². The van der Waals surface area contributed by atoms with Crippen LogP contribution in [0.25, 0.3) is 27.8 Å². The summed E-state index contributed by atoms with van der Waals surface area (Å²) in [5.74, 6) is 0.668. The molecular formula is C23H23N3O6. The van der Waals surface area contributed by atoms with E-state index in [1.807, 2.05) is 25.1 Å². The van der Waals surface area contributed by atoms with Crippen LogP contribution in [0.1, 0.15) is 11.8 Å². The number of rotatable bonds is 4. The molecular weight excluding hydrogens is 414 g/mol. The van der Waals surface area contributed by atoms with Crippen LogP contribution in [0.3, 0.4) is 0 Å². The standard InChI is InChI=1S/C23H23N3O6/c1-12-3-8-17-15(9-12)19-16(10-25(17)23-21(29)20(28)18(11-27)32-23)22(30)26(24-19)13-4-6-14(31-2)7-5-13/h3-10,18,20-21,23,27-29H,11H2,1-2H3/t18-,20-,21-,23-/m1/s1. The maximum absolute atomic E-state index is 13.3. The molecule has 0 spiro atoms. The van der Waals surface area contributed by atoms with E-state index in [1.165, 1.54) is 4.68 Å². The van der Waals surface area contributed by atoms with E-state index in [0.717, 1.165) is 5.56 Å². The van der Waals surface area contributed by atoms with Crippen molar-refractivity contribution in [3.05, 3.63) is 64.6 Å². The third-order valence-corrected chi connectivity index (χ3v) is 5.94. The number of aryl methyl sites for hydroxylation is 1. The average Bonchev–Trinajstić information content (AvgIpc) is 3.29. The number of aliphatic hydroxyl groups excluding tert-OH is 3. The molecule has 0 bridgehead atoms. The van der Waals surface area contributed by atoms with Gasteiger partial charge >= 0.3 is 0 Å². The van der Waals surface area contributed by atoms with Gasteiger partial charge in [-0.25, -0.2) is 0 Å². The molecule has 9 heteroatoms. The Labute approximate surface area is 183 Å². The molecule has 3 aliphatic heterocycles. The van der Waals surface area contributed by atoms with Gasteiger partial charge in [-0.15, -0.1) is 0 Å². The second kappa shape index (κ2) is 7.72. The van der Waals surface area contributed by atoms with E-state index < -0.39 is 31.1 Å². The van der Waals surface area contributed by atoms with Gasteiger partial charge in [0.25, 0.3) is 5.56 Å². The first kappa shape index (κ1) is 20.7. The van der Waals surface area contributed by atoms with Crippen LogP contribution in [-0.4, -0.2) is 61.7 Å². The van der Waals surface area contributed by atoms with Crippen molar-refractivity contribution >= 4 is 10.9 Å². The maximum atomic E-state index is 13.3. The molecule has 32 heavy (non-hydrogen) atoms. The molecule has 0 unspecified atom stereocenters.